The number of aryl methyl sites for hydroxylation is 2. The normalized spacial score (nSPS) is 20.1. The van der Waals surface area contributed by atoms with Crippen LogP contribution < -0.4 is 11.3 Å². The highest BCUT2D eigenvalue weighted by Crippen LogP contribution is 2.33. The highest BCUT2D eigenvalue weighted by Gasteiger charge is 2.19. The standard InChI is InChI=1S/C14H21N5S2/c1-8-6-19(4-5-20-8)7-11-16-13(18-15)12-9(2)10(3)21-14(12)17-11/h8H,4-7,15H2,1-3H3,(H,16,17,18). The largest absolute Gasteiger partial charge is 0.308 e. The maximum absolute atomic E-state index is 5.67. The molecule has 3 N–H and O–H groups in total. The topological polar surface area (TPSA) is 67.1 Å². The van der Waals surface area contributed by atoms with E-state index in [4.69, 9.17) is 10.8 Å². The Bertz CT molecular complexity index is 654. The highest BCUT2D eigenvalue weighted by atomic mass is 32.2. The molecule has 114 valence electrons. The molecule has 0 radical (unpaired) electrons. The van der Waals surface area contributed by atoms with Gasteiger partial charge in [-0.25, -0.2) is 15.8 Å². The zero-order valence-corrected chi connectivity index (χ0v) is 14.3. The number of thioether (sulfide) groups is 1. The maximum Gasteiger partial charge on any atom is 0.152 e. The molecule has 3 heterocycles. The van der Waals surface area contributed by atoms with Crippen molar-refractivity contribution in [1.29, 1.82) is 0 Å². The van der Waals surface area contributed by atoms with Crippen molar-refractivity contribution in [3.05, 3.63) is 16.3 Å². The molecule has 1 atom stereocenters. The van der Waals surface area contributed by atoms with Crippen LogP contribution in [-0.4, -0.2) is 39.0 Å². The molecule has 2 aromatic rings. The molecule has 0 saturated carbocycles. The smallest absolute Gasteiger partial charge is 0.152 e. The zero-order chi connectivity index (χ0) is 15.0. The van der Waals surface area contributed by atoms with Gasteiger partial charge in [0.2, 0.25) is 0 Å². The number of nitrogen functional groups attached to an aromatic ring is 1. The van der Waals surface area contributed by atoms with Crippen LogP contribution in [0.2, 0.25) is 0 Å². The van der Waals surface area contributed by atoms with Crippen LogP contribution in [0, 0.1) is 13.8 Å². The van der Waals surface area contributed by atoms with Crippen molar-refractivity contribution >= 4 is 39.1 Å². The molecule has 7 heteroatoms. The van der Waals surface area contributed by atoms with Gasteiger partial charge in [0.15, 0.2) is 5.82 Å². The fraction of sp³-hybridized carbons (Fsp3) is 0.571. The fourth-order valence-electron chi connectivity index (χ4n) is 2.70. The predicted molar refractivity (Wildman–Crippen MR) is 91.9 cm³/mol. The van der Waals surface area contributed by atoms with Crippen LogP contribution in [0.5, 0.6) is 0 Å². The van der Waals surface area contributed by atoms with Crippen LogP contribution in [0.1, 0.15) is 23.2 Å². The number of fused-ring (bicyclic) bond motifs is 1. The van der Waals surface area contributed by atoms with Crippen LogP contribution in [0.4, 0.5) is 5.82 Å². The first-order chi connectivity index (χ1) is 10.1. The van der Waals surface area contributed by atoms with E-state index in [1.165, 1.54) is 16.2 Å². The molecule has 0 amide bonds. The third-order valence-electron chi connectivity index (χ3n) is 3.90. The van der Waals surface area contributed by atoms with Crippen LogP contribution in [0.15, 0.2) is 0 Å². The molecule has 0 aliphatic carbocycles. The molecule has 0 bridgehead atoms. The van der Waals surface area contributed by atoms with E-state index in [1.54, 1.807) is 11.3 Å². The number of anilines is 1. The Balaban J connectivity index is 1.92. The molecule has 1 saturated heterocycles. The Kier molecular flexibility index (Phi) is 4.35. The summed E-state index contributed by atoms with van der Waals surface area (Å²) in [5.41, 5.74) is 3.96. The summed E-state index contributed by atoms with van der Waals surface area (Å²) >= 11 is 3.75. The number of rotatable bonds is 3. The molecule has 2 aromatic heterocycles. The third kappa shape index (κ3) is 3.01. The Labute approximate surface area is 133 Å². The van der Waals surface area contributed by atoms with E-state index in [0.29, 0.717) is 5.25 Å². The van der Waals surface area contributed by atoms with Crippen LogP contribution >= 0.6 is 23.1 Å². The van der Waals surface area contributed by atoms with E-state index in [2.05, 4.69) is 36.1 Å². The number of thiophene rings is 1. The van der Waals surface area contributed by atoms with Crippen LogP contribution in [0.3, 0.4) is 0 Å². The number of hydrazine groups is 1. The summed E-state index contributed by atoms with van der Waals surface area (Å²) in [6.45, 7) is 9.49. The van der Waals surface area contributed by atoms with Gasteiger partial charge in [-0.3, -0.25) is 4.90 Å². The van der Waals surface area contributed by atoms with E-state index >= 15 is 0 Å². The Morgan fingerprint density at radius 3 is 2.90 bits per heavy atom. The van der Waals surface area contributed by atoms with Crippen LogP contribution in [0.25, 0.3) is 10.2 Å². The average molecular weight is 323 g/mol. The van der Waals surface area contributed by atoms with Crippen molar-refractivity contribution in [3.8, 4) is 0 Å². The van der Waals surface area contributed by atoms with Gasteiger partial charge in [0.05, 0.1) is 11.9 Å². The van der Waals surface area contributed by atoms with Gasteiger partial charge in [-0.15, -0.1) is 11.3 Å². The second-order valence-electron chi connectivity index (χ2n) is 5.51. The minimum absolute atomic E-state index is 0.681. The maximum atomic E-state index is 5.67. The monoisotopic (exact) mass is 323 g/mol. The molecule has 1 fully saturated rings. The number of hydrogen-bond acceptors (Lipinski definition) is 7. The zero-order valence-electron chi connectivity index (χ0n) is 12.6. The SMILES string of the molecule is Cc1sc2nc(CN3CCSC(C)C3)nc(NN)c2c1C. The number of nitrogens with zero attached hydrogens (tertiary/aromatic N) is 3. The molecule has 1 unspecified atom stereocenters. The van der Waals surface area contributed by atoms with Gasteiger partial charge >= 0.3 is 0 Å². The summed E-state index contributed by atoms with van der Waals surface area (Å²) in [6.07, 6.45) is 0. The lowest BCUT2D eigenvalue weighted by Crippen LogP contribution is -2.36. The molecule has 5 nitrogen and oxygen atoms in total. The molecule has 0 aromatic carbocycles. The molecular weight excluding hydrogens is 302 g/mol. The lowest BCUT2D eigenvalue weighted by atomic mass is 10.2. The lowest BCUT2D eigenvalue weighted by molar-refractivity contribution is 0.272. The molecule has 1 aliphatic heterocycles. The van der Waals surface area contributed by atoms with Gasteiger partial charge in [0.1, 0.15) is 10.7 Å². The minimum atomic E-state index is 0.681. The second-order valence-corrected chi connectivity index (χ2v) is 8.26. The van der Waals surface area contributed by atoms with Crippen LogP contribution in [-0.2, 0) is 6.54 Å². The quantitative estimate of drug-likeness (QED) is 0.668. The number of nitrogens with one attached hydrogen (secondary N) is 1. The molecule has 21 heavy (non-hydrogen) atoms. The summed E-state index contributed by atoms with van der Waals surface area (Å²) in [7, 11) is 0. The Morgan fingerprint density at radius 1 is 1.38 bits per heavy atom. The molecule has 0 spiro atoms. The van der Waals surface area contributed by atoms with Crippen molar-refractivity contribution in [2.45, 2.75) is 32.6 Å². The third-order valence-corrected chi connectivity index (χ3v) is 6.14. The van der Waals surface area contributed by atoms with Crippen molar-refractivity contribution in [3.63, 3.8) is 0 Å². The van der Waals surface area contributed by atoms with E-state index in [0.717, 1.165) is 41.5 Å². The van der Waals surface area contributed by atoms with Crippen molar-refractivity contribution in [2.75, 3.05) is 24.3 Å². The first-order valence-electron chi connectivity index (χ1n) is 7.15. The number of hydrogen-bond donors (Lipinski definition) is 2. The predicted octanol–water partition coefficient (Wildman–Crippen LogP) is 2.53. The summed E-state index contributed by atoms with van der Waals surface area (Å²) in [6, 6.07) is 0. The average Bonchev–Trinajstić information content (AvgIpc) is 2.73. The fourth-order valence-corrected chi connectivity index (χ4v) is 4.83. The van der Waals surface area contributed by atoms with E-state index < -0.39 is 0 Å². The van der Waals surface area contributed by atoms with Crippen molar-refractivity contribution < 1.29 is 0 Å². The Morgan fingerprint density at radius 2 is 2.19 bits per heavy atom. The summed E-state index contributed by atoms with van der Waals surface area (Å²) in [5, 5.41) is 1.74. The molecule has 1 aliphatic rings. The highest BCUT2D eigenvalue weighted by molar-refractivity contribution is 7.99. The molecular formula is C14H21N5S2. The van der Waals surface area contributed by atoms with E-state index in [-0.39, 0.29) is 0 Å². The van der Waals surface area contributed by atoms with Crippen molar-refractivity contribution in [2.24, 2.45) is 5.84 Å². The molecule has 3 rings (SSSR count). The summed E-state index contributed by atoms with van der Waals surface area (Å²) in [5.74, 6) is 8.45. The number of aromatic nitrogens is 2. The van der Waals surface area contributed by atoms with Gasteiger partial charge in [-0.2, -0.15) is 11.8 Å². The van der Waals surface area contributed by atoms with Gasteiger partial charge in [-0.1, -0.05) is 6.92 Å². The second kappa shape index (κ2) is 6.08. The van der Waals surface area contributed by atoms with Gasteiger partial charge in [-0.05, 0) is 19.4 Å². The summed E-state index contributed by atoms with van der Waals surface area (Å²) in [4.78, 5) is 14.1. The van der Waals surface area contributed by atoms with E-state index in [9.17, 15) is 0 Å². The van der Waals surface area contributed by atoms with Gasteiger partial charge in [0.25, 0.3) is 0 Å². The van der Waals surface area contributed by atoms with Crippen molar-refractivity contribution in [1.82, 2.24) is 14.9 Å². The van der Waals surface area contributed by atoms with Gasteiger partial charge < -0.3 is 5.43 Å². The minimum Gasteiger partial charge on any atom is -0.308 e. The first kappa shape index (κ1) is 15.0. The summed E-state index contributed by atoms with van der Waals surface area (Å²) < 4.78 is 0. The Hall–Kier alpha value is -0.890. The van der Waals surface area contributed by atoms with E-state index in [1.807, 2.05) is 11.8 Å². The number of nitrogens with two attached hydrogens (primary N) is 1. The first-order valence-corrected chi connectivity index (χ1v) is 9.02. The lowest BCUT2D eigenvalue weighted by Gasteiger charge is -2.29. The van der Waals surface area contributed by atoms with Gasteiger partial charge in [0, 0.05) is 29.0 Å².